The molecule has 1 fully saturated rings. The molecule has 0 unspecified atom stereocenters. The lowest BCUT2D eigenvalue weighted by atomic mass is 10.0. The van der Waals surface area contributed by atoms with Gasteiger partial charge in [-0.1, -0.05) is 12.8 Å². The minimum atomic E-state index is 0.101. The molecule has 0 aromatic carbocycles. The van der Waals surface area contributed by atoms with E-state index >= 15 is 0 Å². The van der Waals surface area contributed by atoms with E-state index in [1.54, 1.807) is 6.92 Å². The fourth-order valence-electron chi connectivity index (χ4n) is 2.37. The van der Waals surface area contributed by atoms with Gasteiger partial charge >= 0.3 is 0 Å². The van der Waals surface area contributed by atoms with Crippen LogP contribution in [0.5, 0.6) is 0 Å². The van der Waals surface area contributed by atoms with E-state index in [0.717, 1.165) is 38.2 Å². The van der Waals surface area contributed by atoms with Crippen LogP contribution >= 0.6 is 11.6 Å². The van der Waals surface area contributed by atoms with Crippen molar-refractivity contribution < 1.29 is 4.79 Å². The molecule has 0 saturated carbocycles. The van der Waals surface area contributed by atoms with E-state index in [1.165, 1.54) is 25.8 Å². The van der Waals surface area contributed by atoms with Crippen molar-refractivity contribution in [3.8, 4) is 0 Å². The second-order valence-corrected chi connectivity index (χ2v) is 5.30. The number of halogens is 1. The van der Waals surface area contributed by atoms with Crippen molar-refractivity contribution >= 4 is 17.5 Å². The first-order chi connectivity index (χ1) is 8.22. The molecule has 1 amide bonds. The van der Waals surface area contributed by atoms with Gasteiger partial charge in [0.15, 0.2) is 0 Å². The van der Waals surface area contributed by atoms with Crippen LogP contribution in [0, 0.1) is 0 Å². The number of unbranched alkanes of at least 4 members (excludes halogenated alkanes) is 3. The maximum Gasteiger partial charge on any atom is 0.217 e. The lowest BCUT2D eigenvalue weighted by Gasteiger charge is -2.32. The van der Waals surface area contributed by atoms with E-state index in [4.69, 9.17) is 11.6 Å². The summed E-state index contributed by atoms with van der Waals surface area (Å²) >= 11 is 5.64. The van der Waals surface area contributed by atoms with Crippen molar-refractivity contribution in [1.29, 1.82) is 0 Å². The third-order valence-electron chi connectivity index (χ3n) is 3.35. The first-order valence-electron chi connectivity index (χ1n) is 6.78. The predicted molar refractivity (Wildman–Crippen MR) is 72.5 cm³/mol. The van der Waals surface area contributed by atoms with Gasteiger partial charge in [0, 0.05) is 31.9 Å². The van der Waals surface area contributed by atoms with Gasteiger partial charge in [0.2, 0.25) is 5.91 Å². The van der Waals surface area contributed by atoms with E-state index < -0.39 is 0 Å². The maximum atomic E-state index is 10.9. The van der Waals surface area contributed by atoms with Crippen LogP contribution in [0.1, 0.15) is 45.4 Å². The fraction of sp³-hybridized carbons (Fsp3) is 0.923. The van der Waals surface area contributed by atoms with Gasteiger partial charge < -0.3 is 10.2 Å². The van der Waals surface area contributed by atoms with Crippen LogP contribution in [0.3, 0.4) is 0 Å². The highest BCUT2D eigenvalue weighted by Gasteiger charge is 2.18. The first-order valence-corrected chi connectivity index (χ1v) is 7.31. The van der Waals surface area contributed by atoms with E-state index in [1.807, 2.05) is 0 Å². The van der Waals surface area contributed by atoms with Crippen molar-refractivity contribution in [3.63, 3.8) is 0 Å². The third kappa shape index (κ3) is 6.89. The zero-order valence-corrected chi connectivity index (χ0v) is 11.6. The molecule has 0 aliphatic carbocycles. The van der Waals surface area contributed by atoms with Gasteiger partial charge in [-0.2, -0.15) is 0 Å². The number of carbonyl (C=O) groups is 1. The Morgan fingerprint density at radius 2 is 1.88 bits per heavy atom. The molecule has 0 radical (unpaired) electrons. The number of likely N-dealkylation sites (tertiary alicyclic amines) is 1. The summed E-state index contributed by atoms with van der Waals surface area (Å²) in [7, 11) is 0. The van der Waals surface area contributed by atoms with Crippen LogP contribution < -0.4 is 5.32 Å². The summed E-state index contributed by atoms with van der Waals surface area (Å²) in [5.74, 6) is 0.895. The molecule has 100 valence electrons. The summed E-state index contributed by atoms with van der Waals surface area (Å²) < 4.78 is 0. The molecule has 1 heterocycles. The van der Waals surface area contributed by atoms with Crippen molar-refractivity contribution in [1.82, 2.24) is 10.2 Å². The minimum absolute atomic E-state index is 0.101. The van der Waals surface area contributed by atoms with Crippen molar-refractivity contribution in [2.45, 2.75) is 51.5 Å². The SMILES string of the molecule is CC(=O)NC1CCN(CCCCCCCl)CC1. The Morgan fingerprint density at radius 1 is 1.24 bits per heavy atom. The van der Waals surface area contributed by atoms with Crippen LogP contribution in [0.2, 0.25) is 0 Å². The Balaban J connectivity index is 2.01. The molecule has 0 atom stereocenters. The average molecular weight is 261 g/mol. The quantitative estimate of drug-likeness (QED) is 0.563. The Kier molecular flexibility index (Phi) is 7.62. The molecule has 17 heavy (non-hydrogen) atoms. The largest absolute Gasteiger partial charge is 0.354 e. The highest BCUT2D eigenvalue weighted by atomic mass is 35.5. The van der Waals surface area contributed by atoms with Crippen molar-refractivity contribution in [2.75, 3.05) is 25.5 Å². The summed E-state index contributed by atoms with van der Waals surface area (Å²) in [4.78, 5) is 13.4. The molecule has 1 aliphatic rings. The number of carbonyl (C=O) groups excluding carboxylic acids is 1. The molecular formula is C13H25ClN2O. The van der Waals surface area contributed by atoms with E-state index in [9.17, 15) is 4.79 Å². The second kappa shape index (κ2) is 8.76. The number of nitrogens with one attached hydrogen (secondary N) is 1. The van der Waals surface area contributed by atoms with Gasteiger partial charge in [-0.25, -0.2) is 0 Å². The van der Waals surface area contributed by atoms with Crippen molar-refractivity contribution in [2.24, 2.45) is 0 Å². The van der Waals surface area contributed by atoms with Gasteiger partial charge in [0.05, 0.1) is 0 Å². The van der Waals surface area contributed by atoms with Crippen LogP contribution in [-0.2, 0) is 4.79 Å². The predicted octanol–water partition coefficient (Wildman–Crippen LogP) is 2.39. The zero-order chi connectivity index (χ0) is 12.5. The van der Waals surface area contributed by atoms with Gasteiger partial charge in [-0.3, -0.25) is 4.79 Å². The molecule has 1 N–H and O–H groups in total. The van der Waals surface area contributed by atoms with E-state index in [-0.39, 0.29) is 5.91 Å². The summed E-state index contributed by atoms with van der Waals surface area (Å²) in [5, 5.41) is 3.01. The smallest absolute Gasteiger partial charge is 0.217 e. The number of rotatable bonds is 7. The molecule has 0 bridgehead atoms. The number of piperidine rings is 1. The normalized spacial score (nSPS) is 18.2. The van der Waals surface area contributed by atoms with Gasteiger partial charge in [-0.05, 0) is 32.2 Å². The molecular weight excluding hydrogens is 236 g/mol. The van der Waals surface area contributed by atoms with Gasteiger partial charge in [-0.15, -0.1) is 11.6 Å². The number of hydrogen-bond acceptors (Lipinski definition) is 2. The van der Waals surface area contributed by atoms with Crippen LogP contribution in [0.15, 0.2) is 0 Å². The Hall–Kier alpha value is -0.280. The second-order valence-electron chi connectivity index (χ2n) is 4.92. The highest BCUT2D eigenvalue weighted by Crippen LogP contribution is 2.11. The standard InChI is InChI=1S/C13H25ClN2O/c1-12(17)15-13-6-10-16(11-7-13)9-5-3-2-4-8-14/h13H,2-11H2,1H3,(H,15,17). The molecule has 1 rings (SSSR count). The lowest BCUT2D eigenvalue weighted by Crippen LogP contribution is -2.44. The van der Waals surface area contributed by atoms with Crippen LogP contribution in [0.4, 0.5) is 0 Å². The van der Waals surface area contributed by atoms with Crippen LogP contribution in [-0.4, -0.2) is 42.4 Å². The molecule has 4 heteroatoms. The maximum absolute atomic E-state index is 10.9. The Bertz CT molecular complexity index is 215. The summed E-state index contributed by atoms with van der Waals surface area (Å²) in [6.07, 6.45) is 7.17. The Morgan fingerprint density at radius 3 is 2.47 bits per heavy atom. The summed E-state index contributed by atoms with van der Waals surface area (Å²) in [6.45, 7) is 5.05. The number of alkyl halides is 1. The molecule has 0 spiro atoms. The molecule has 0 aromatic rings. The number of nitrogens with zero attached hydrogens (tertiary/aromatic N) is 1. The summed E-state index contributed by atoms with van der Waals surface area (Å²) in [5.41, 5.74) is 0. The van der Waals surface area contributed by atoms with E-state index in [2.05, 4.69) is 10.2 Å². The third-order valence-corrected chi connectivity index (χ3v) is 3.62. The Labute approximate surface area is 110 Å². The van der Waals surface area contributed by atoms with Gasteiger partial charge in [0.1, 0.15) is 0 Å². The van der Waals surface area contributed by atoms with Crippen molar-refractivity contribution in [3.05, 3.63) is 0 Å². The average Bonchev–Trinajstić information content (AvgIpc) is 2.30. The molecule has 0 aromatic heterocycles. The number of hydrogen-bond donors (Lipinski definition) is 1. The minimum Gasteiger partial charge on any atom is -0.354 e. The monoisotopic (exact) mass is 260 g/mol. The zero-order valence-electron chi connectivity index (χ0n) is 10.9. The topological polar surface area (TPSA) is 32.3 Å². The van der Waals surface area contributed by atoms with Crippen LogP contribution in [0.25, 0.3) is 0 Å². The highest BCUT2D eigenvalue weighted by molar-refractivity contribution is 6.17. The fourth-order valence-corrected chi connectivity index (χ4v) is 2.56. The number of amides is 1. The molecule has 1 aliphatic heterocycles. The first kappa shape index (κ1) is 14.8. The molecule has 3 nitrogen and oxygen atoms in total. The molecule has 1 saturated heterocycles. The van der Waals surface area contributed by atoms with E-state index in [0.29, 0.717) is 6.04 Å². The van der Waals surface area contributed by atoms with Gasteiger partial charge in [0.25, 0.3) is 0 Å². The lowest BCUT2D eigenvalue weighted by molar-refractivity contribution is -0.119. The summed E-state index contributed by atoms with van der Waals surface area (Å²) in [6, 6.07) is 0.403.